The van der Waals surface area contributed by atoms with Gasteiger partial charge in [-0.05, 0) is 26.2 Å². The molecule has 98 valence electrons. The van der Waals surface area contributed by atoms with E-state index in [-0.39, 0.29) is 24.2 Å². The second-order valence-corrected chi connectivity index (χ2v) is 4.85. The van der Waals surface area contributed by atoms with Gasteiger partial charge in [-0.3, -0.25) is 4.79 Å². The molecule has 2 fully saturated rings. The van der Waals surface area contributed by atoms with E-state index in [0.717, 1.165) is 19.3 Å². The van der Waals surface area contributed by atoms with Crippen LogP contribution in [0.25, 0.3) is 0 Å². The predicted molar refractivity (Wildman–Crippen MR) is 63.6 cm³/mol. The Balaban J connectivity index is 1.81. The zero-order valence-electron chi connectivity index (χ0n) is 10.4. The van der Waals surface area contributed by atoms with Gasteiger partial charge >= 0.3 is 0 Å². The fourth-order valence-corrected chi connectivity index (χ4v) is 2.48. The van der Waals surface area contributed by atoms with Crippen LogP contribution in [0, 0.1) is 0 Å². The lowest BCUT2D eigenvalue weighted by Crippen LogP contribution is -2.47. The topological polar surface area (TPSA) is 64.8 Å². The van der Waals surface area contributed by atoms with Crippen LogP contribution in [0.15, 0.2) is 0 Å². The zero-order valence-corrected chi connectivity index (χ0v) is 10.4. The van der Waals surface area contributed by atoms with Crippen molar-refractivity contribution in [1.29, 1.82) is 0 Å². The van der Waals surface area contributed by atoms with Gasteiger partial charge in [0.25, 0.3) is 5.91 Å². The van der Waals surface area contributed by atoms with Gasteiger partial charge in [0.2, 0.25) is 0 Å². The summed E-state index contributed by atoms with van der Waals surface area (Å²) in [6, 6.07) is 0.0925. The summed E-state index contributed by atoms with van der Waals surface area (Å²) in [5, 5.41) is 0. The number of hydrogen-bond acceptors (Lipinski definition) is 4. The number of morpholine rings is 1. The van der Waals surface area contributed by atoms with Gasteiger partial charge in [0.1, 0.15) is 6.10 Å². The Morgan fingerprint density at radius 3 is 2.71 bits per heavy atom. The molecular weight excluding hydrogens is 220 g/mol. The smallest absolute Gasteiger partial charge is 0.251 e. The molecule has 3 atom stereocenters. The molecule has 0 bridgehead atoms. The minimum atomic E-state index is -0.387. The second kappa shape index (κ2) is 5.80. The standard InChI is InChI=1S/C12H22N2O3/c1-9(17-11-4-2-3-10(11)13)12(15)14-5-7-16-8-6-14/h9-11H,2-8,13H2,1H3. The molecule has 2 N–H and O–H groups in total. The highest BCUT2D eigenvalue weighted by molar-refractivity contribution is 5.80. The highest BCUT2D eigenvalue weighted by Crippen LogP contribution is 2.22. The van der Waals surface area contributed by atoms with Gasteiger partial charge in [-0.25, -0.2) is 0 Å². The summed E-state index contributed by atoms with van der Waals surface area (Å²) in [4.78, 5) is 13.9. The maximum Gasteiger partial charge on any atom is 0.251 e. The molecule has 1 aliphatic heterocycles. The van der Waals surface area contributed by atoms with Crippen molar-refractivity contribution in [3.05, 3.63) is 0 Å². The summed E-state index contributed by atoms with van der Waals surface area (Å²) >= 11 is 0. The first-order valence-electron chi connectivity index (χ1n) is 6.46. The van der Waals surface area contributed by atoms with Crippen molar-refractivity contribution in [2.45, 2.75) is 44.4 Å². The molecule has 0 aromatic rings. The lowest BCUT2D eigenvalue weighted by Gasteiger charge is -2.30. The molecule has 0 spiro atoms. The molecule has 2 aliphatic rings. The SMILES string of the molecule is CC(OC1CCCC1N)C(=O)N1CCOCC1. The number of hydrogen-bond donors (Lipinski definition) is 1. The largest absolute Gasteiger partial charge is 0.378 e. The van der Waals surface area contributed by atoms with Crippen LogP contribution in [-0.4, -0.2) is 55.4 Å². The molecule has 17 heavy (non-hydrogen) atoms. The summed E-state index contributed by atoms with van der Waals surface area (Å²) < 4.78 is 11.0. The van der Waals surface area contributed by atoms with Gasteiger partial charge in [0.05, 0.1) is 19.3 Å². The molecular formula is C12H22N2O3. The number of rotatable bonds is 3. The lowest BCUT2D eigenvalue weighted by molar-refractivity contribution is -0.150. The van der Waals surface area contributed by atoms with Crippen molar-refractivity contribution < 1.29 is 14.3 Å². The monoisotopic (exact) mass is 242 g/mol. The van der Waals surface area contributed by atoms with Crippen molar-refractivity contribution in [2.75, 3.05) is 26.3 Å². The van der Waals surface area contributed by atoms with E-state index in [1.54, 1.807) is 0 Å². The van der Waals surface area contributed by atoms with Crippen LogP contribution in [0.1, 0.15) is 26.2 Å². The third-order valence-corrected chi connectivity index (χ3v) is 3.55. The predicted octanol–water partition coefficient (Wildman–Crippen LogP) is 0.130. The molecule has 5 heteroatoms. The Kier molecular flexibility index (Phi) is 4.36. The molecule has 0 radical (unpaired) electrons. The van der Waals surface area contributed by atoms with Crippen molar-refractivity contribution in [3.8, 4) is 0 Å². The lowest BCUT2D eigenvalue weighted by atomic mass is 10.2. The highest BCUT2D eigenvalue weighted by atomic mass is 16.5. The molecule has 5 nitrogen and oxygen atoms in total. The quantitative estimate of drug-likeness (QED) is 0.764. The summed E-state index contributed by atoms with van der Waals surface area (Å²) in [7, 11) is 0. The molecule has 3 unspecified atom stereocenters. The molecule has 1 saturated heterocycles. The van der Waals surface area contributed by atoms with Crippen LogP contribution in [-0.2, 0) is 14.3 Å². The van der Waals surface area contributed by atoms with Gasteiger partial charge in [0, 0.05) is 19.1 Å². The van der Waals surface area contributed by atoms with E-state index in [1.165, 1.54) is 0 Å². The minimum Gasteiger partial charge on any atom is -0.378 e. The van der Waals surface area contributed by atoms with Crippen molar-refractivity contribution in [1.82, 2.24) is 4.90 Å². The van der Waals surface area contributed by atoms with E-state index in [4.69, 9.17) is 15.2 Å². The van der Waals surface area contributed by atoms with Crippen molar-refractivity contribution in [2.24, 2.45) is 5.73 Å². The van der Waals surface area contributed by atoms with E-state index in [9.17, 15) is 4.79 Å². The fraction of sp³-hybridized carbons (Fsp3) is 0.917. The third-order valence-electron chi connectivity index (χ3n) is 3.55. The van der Waals surface area contributed by atoms with Crippen molar-refractivity contribution in [3.63, 3.8) is 0 Å². The second-order valence-electron chi connectivity index (χ2n) is 4.85. The van der Waals surface area contributed by atoms with Gasteiger partial charge in [-0.2, -0.15) is 0 Å². The van der Waals surface area contributed by atoms with Crippen LogP contribution in [0.5, 0.6) is 0 Å². The van der Waals surface area contributed by atoms with E-state index < -0.39 is 0 Å². The summed E-state index contributed by atoms with van der Waals surface area (Å²) in [5.74, 6) is 0.0624. The summed E-state index contributed by atoms with van der Waals surface area (Å²) in [6.45, 7) is 4.41. The minimum absolute atomic E-state index is 0.0509. The average molecular weight is 242 g/mol. The first-order chi connectivity index (χ1) is 8.18. The fourth-order valence-electron chi connectivity index (χ4n) is 2.48. The van der Waals surface area contributed by atoms with Crippen LogP contribution in [0.4, 0.5) is 0 Å². The third kappa shape index (κ3) is 3.18. The Labute approximate surface area is 102 Å². The molecule has 1 saturated carbocycles. The number of ether oxygens (including phenoxy) is 2. The van der Waals surface area contributed by atoms with Crippen LogP contribution in [0.3, 0.4) is 0 Å². The van der Waals surface area contributed by atoms with Crippen LogP contribution >= 0.6 is 0 Å². The number of nitrogens with zero attached hydrogens (tertiary/aromatic N) is 1. The van der Waals surface area contributed by atoms with Gasteiger partial charge in [-0.1, -0.05) is 0 Å². The number of amides is 1. The molecule has 2 rings (SSSR count). The van der Waals surface area contributed by atoms with Crippen molar-refractivity contribution >= 4 is 5.91 Å². The maximum absolute atomic E-state index is 12.1. The Bertz CT molecular complexity index is 266. The van der Waals surface area contributed by atoms with Crippen LogP contribution < -0.4 is 5.73 Å². The van der Waals surface area contributed by atoms with E-state index in [2.05, 4.69) is 0 Å². The van der Waals surface area contributed by atoms with E-state index in [0.29, 0.717) is 26.3 Å². The summed E-state index contributed by atoms with van der Waals surface area (Å²) in [6.07, 6.45) is 2.74. The average Bonchev–Trinajstić information content (AvgIpc) is 2.75. The Morgan fingerprint density at radius 1 is 1.41 bits per heavy atom. The van der Waals surface area contributed by atoms with Gasteiger partial charge in [-0.15, -0.1) is 0 Å². The molecule has 0 aromatic carbocycles. The first kappa shape index (κ1) is 12.8. The number of carbonyl (C=O) groups excluding carboxylic acids is 1. The van der Waals surface area contributed by atoms with Gasteiger partial charge < -0.3 is 20.1 Å². The molecule has 0 aromatic heterocycles. The summed E-state index contributed by atoms with van der Waals surface area (Å²) in [5.41, 5.74) is 5.94. The Hall–Kier alpha value is -0.650. The number of carbonyl (C=O) groups is 1. The molecule has 1 aliphatic carbocycles. The normalized spacial score (nSPS) is 31.5. The maximum atomic E-state index is 12.1. The molecule has 1 amide bonds. The van der Waals surface area contributed by atoms with E-state index >= 15 is 0 Å². The van der Waals surface area contributed by atoms with Crippen LogP contribution in [0.2, 0.25) is 0 Å². The van der Waals surface area contributed by atoms with E-state index in [1.807, 2.05) is 11.8 Å². The Morgan fingerprint density at radius 2 is 2.12 bits per heavy atom. The van der Waals surface area contributed by atoms with Gasteiger partial charge in [0.15, 0.2) is 0 Å². The number of nitrogens with two attached hydrogens (primary N) is 1. The zero-order chi connectivity index (χ0) is 12.3. The highest BCUT2D eigenvalue weighted by Gasteiger charge is 2.30. The molecule has 1 heterocycles. The first-order valence-corrected chi connectivity index (χ1v) is 6.46.